The van der Waals surface area contributed by atoms with Crippen LogP contribution in [0.25, 0.3) is 6.08 Å². The molecule has 0 bridgehead atoms. The largest absolute Gasteiger partial charge is 0.447 e. The minimum absolute atomic E-state index is 0.0711. The number of nitriles is 1. The van der Waals surface area contributed by atoms with Crippen molar-refractivity contribution in [1.82, 2.24) is 14.8 Å². The summed E-state index contributed by atoms with van der Waals surface area (Å²) in [7, 11) is 0. The SMILES string of the molecule is C[C@@H](S[C@H]1CO[C@H](C=CC=Cc2ccc(C#N)cc2F)OC1)[C@@](Cn1cncn1)(OC(=O)c1ccccc1CO)c1ccc(F)cc1F. The molecule has 1 saturated heterocycles. The molecule has 1 aliphatic heterocycles. The molecule has 1 aliphatic rings. The van der Waals surface area contributed by atoms with Crippen molar-refractivity contribution < 1.29 is 37.3 Å². The molecule has 13 heteroatoms. The van der Waals surface area contributed by atoms with Crippen LogP contribution in [0.4, 0.5) is 13.2 Å². The monoisotopic (exact) mass is 676 g/mol. The summed E-state index contributed by atoms with van der Waals surface area (Å²) in [5.74, 6) is -3.04. The fraction of sp³-hybridized carbons (Fsp3) is 0.257. The molecule has 1 aromatic heterocycles. The Kier molecular flexibility index (Phi) is 11.5. The van der Waals surface area contributed by atoms with E-state index in [-0.39, 0.29) is 41.7 Å². The second-order valence-corrected chi connectivity index (χ2v) is 12.5. The summed E-state index contributed by atoms with van der Waals surface area (Å²) >= 11 is 1.34. The van der Waals surface area contributed by atoms with Gasteiger partial charge in [0, 0.05) is 22.4 Å². The van der Waals surface area contributed by atoms with Gasteiger partial charge in [0.15, 0.2) is 11.9 Å². The number of rotatable bonds is 12. The van der Waals surface area contributed by atoms with Gasteiger partial charge in [-0.15, -0.1) is 11.8 Å². The van der Waals surface area contributed by atoms with Gasteiger partial charge in [-0.25, -0.2) is 27.6 Å². The van der Waals surface area contributed by atoms with Crippen LogP contribution in [0.3, 0.4) is 0 Å². The molecule has 248 valence electrons. The third-order valence-electron chi connectivity index (χ3n) is 7.66. The third-order valence-corrected chi connectivity index (χ3v) is 9.11. The first-order chi connectivity index (χ1) is 23.2. The van der Waals surface area contributed by atoms with Gasteiger partial charge in [-0.3, -0.25) is 0 Å². The summed E-state index contributed by atoms with van der Waals surface area (Å²) < 4.78 is 63.3. The summed E-state index contributed by atoms with van der Waals surface area (Å²) in [4.78, 5) is 17.7. The summed E-state index contributed by atoms with van der Waals surface area (Å²) in [5, 5.41) is 22.0. The van der Waals surface area contributed by atoms with Gasteiger partial charge in [0.2, 0.25) is 0 Å². The predicted molar refractivity (Wildman–Crippen MR) is 172 cm³/mol. The third kappa shape index (κ3) is 8.21. The molecule has 0 unspecified atom stereocenters. The molecule has 1 N–H and O–H groups in total. The number of benzene rings is 3. The highest BCUT2D eigenvalue weighted by Gasteiger charge is 2.47. The second kappa shape index (κ2) is 15.9. The van der Waals surface area contributed by atoms with Crippen LogP contribution in [0.2, 0.25) is 0 Å². The van der Waals surface area contributed by atoms with Crippen LogP contribution in [0.5, 0.6) is 0 Å². The maximum absolute atomic E-state index is 15.7. The predicted octanol–water partition coefficient (Wildman–Crippen LogP) is 5.94. The van der Waals surface area contributed by atoms with Crippen molar-refractivity contribution in [3.8, 4) is 6.07 Å². The highest BCUT2D eigenvalue weighted by Crippen LogP contribution is 2.42. The molecule has 1 fully saturated rings. The number of aliphatic hydroxyl groups is 1. The zero-order valence-electron chi connectivity index (χ0n) is 25.7. The molecule has 0 saturated carbocycles. The van der Waals surface area contributed by atoms with E-state index in [1.54, 1.807) is 49.4 Å². The normalized spacial score (nSPS) is 18.4. The van der Waals surface area contributed by atoms with Crippen molar-refractivity contribution in [3.05, 3.63) is 137 Å². The Morgan fingerprint density at radius 1 is 1.15 bits per heavy atom. The van der Waals surface area contributed by atoms with Gasteiger partial charge >= 0.3 is 5.97 Å². The molecule has 2 heterocycles. The number of hydrogen-bond acceptors (Lipinski definition) is 9. The van der Waals surface area contributed by atoms with Crippen LogP contribution in [0.15, 0.2) is 91.5 Å². The maximum atomic E-state index is 15.7. The minimum atomic E-state index is -1.74. The zero-order valence-corrected chi connectivity index (χ0v) is 26.5. The van der Waals surface area contributed by atoms with Crippen molar-refractivity contribution in [2.75, 3.05) is 13.2 Å². The first-order valence-corrected chi connectivity index (χ1v) is 15.8. The number of ether oxygens (including phenoxy) is 3. The molecular formula is C35H31F3N4O5S. The van der Waals surface area contributed by atoms with Crippen LogP contribution >= 0.6 is 11.8 Å². The molecule has 2 atom stereocenters. The van der Waals surface area contributed by atoms with E-state index in [1.807, 2.05) is 6.07 Å². The second-order valence-electron chi connectivity index (χ2n) is 10.8. The number of esters is 1. The minimum Gasteiger partial charge on any atom is -0.447 e. The summed E-state index contributed by atoms with van der Waals surface area (Å²) in [6.07, 6.45) is 8.50. The zero-order chi connectivity index (χ0) is 34.1. The number of carbonyl (C=O) groups is 1. The smallest absolute Gasteiger partial charge is 0.339 e. The van der Waals surface area contributed by atoms with Crippen LogP contribution < -0.4 is 0 Å². The van der Waals surface area contributed by atoms with Gasteiger partial charge in [-0.05, 0) is 48.9 Å². The first-order valence-electron chi connectivity index (χ1n) is 14.9. The maximum Gasteiger partial charge on any atom is 0.339 e. The van der Waals surface area contributed by atoms with Crippen LogP contribution in [0.1, 0.15) is 39.5 Å². The number of halogens is 3. The number of allylic oxidation sites excluding steroid dienone is 2. The Bertz CT molecular complexity index is 1820. The molecule has 9 nitrogen and oxygen atoms in total. The number of aliphatic hydroxyl groups excluding tert-OH is 1. The Morgan fingerprint density at radius 2 is 1.94 bits per heavy atom. The average Bonchev–Trinajstić information content (AvgIpc) is 3.60. The lowest BCUT2D eigenvalue weighted by Crippen LogP contribution is -2.47. The highest BCUT2D eigenvalue weighted by atomic mass is 32.2. The molecule has 0 radical (unpaired) electrons. The summed E-state index contributed by atoms with van der Waals surface area (Å²) in [5.41, 5.74) is -0.840. The van der Waals surface area contributed by atoms with E-state index < -0.39 is 47.2 Å². The van der Waals surface area contributed by atoms with Crippen molar-refractivity contribution in [2.45, 2.75) is 42.5 Å². The number of carbonyl (C=O) groups excluding carboxylic acids is 1. The lowest BCUT2D eigenvalue weighted by Gasteiger charge is -2.40. The average molecular weight is 677 g/mol. The first kappa shape index (κ1) is 34.6. The Morgan fingerprint density at radius 3 is 2.62 bits per heavy atom. The van der Waals surface area contributed by atoms with Crippen LogP contribution in [0, 0.1) is 28.8 Å². The highest BCUT2D eigenvalue weighted by molar-refractivity contribution is 8.00. The van der Waals surface area contributed by atoms with Crippen LogP contribution in [-0.2, 0) is 33.0 Å². The number of thioether (sulfide) groups is 1. The Balaban J connectivity index is 1.35. The summed E-state index contributed by atoms with van der Waals surface area (Å²) in [6, 6.07) is 15.5. The molecule has 0 aliphatic carbocycles. The number of nitrogens with zero attached hydrogens (tertiary/aromatic N) is 4. The van der Waals surface area contributed by atoms with E-state index in [2.05, 4.69) is 10.1 Å². The number of aromatic nitrogens is 3. The Hall–Kier alpha value is -4.74. The lowest BCUT2D eigenvalue weighted by molar-refractivity contribution is -0.146. The van der Waals surface area contributed by atoms with Gasteiger partial charge in [-0.2, -0.15) is 10.4 Å². The molecule has 4 aromatic rings. The van der Waals surface area contributed by atoms with E-state index in [4.69, 9.17) is 19.5 Å². The number of hydrogen-bond donors (Lipinski definition) is 1. The molecule has 0 spiro atoms. The molecule has 48 heavy (non-hydrogen) atoms. The van der Waals surface area contributed by atoms with Crippen molar-refractivity contribution in [1.29, 1.82) is 5.26 Å². The van der Waals surface area contributed by atoms with Crippen molar-refractivity contribution in [3.63, 3.8) is 0 Å². The Labute approximate surface area is 279 Å². The van der Waals surface area contributed by atoms with Gasteiger partial charge in [0.1, 0.15) is 30.1 Å². The van der Waals surface area contributed by atoms with E-state index in [0.717, 1.165) is 18.2 Å². The van der Waals surface area contributed by atoms with E-state index in [9.17, 15) is 18.7 Å². The molecule has 5 rings (SSSR count). The quantitative estimate of drug-likeness (QED) is 0.144. The van der Waals surface area contributed by atoms with Crippen molar-refractivity contribution >= 4 is 23.8 Å². The van der Waals surface area contributed by atoms with E-state index in [1.165, 1.54) is 53.4 Å². The van der Waals surface area contributed by atoms with E-state index in [0.29, 0.717) is 11.1 Å². The topological polar surface area (TPSA) is 119 Å². The van der Waals surface area contributed by atoms with Gasteiger partial charge in [0.05, 0.1) is 48.8 Å². The lowest BCUT2D eigenvalue weighted by atomic mass is 9.89. The summed E-state index contributed by atoms with van der Waals surface area (Å²) in [6.45, 7) is 1.62. The van der Waals surface area contributed by atoms with Gasteiger partial charge in [0.25, 0.3) is 0 Å². The molecule has 0 amide bonds. The standard InChI is InChI=1S/C35H31F3N4O5S/c1-23(48-28-18-45-33(46-19-28)9-5-3-6-25-11-10-24(16-39)14-31(25)37)35(20-42-22-40-21-41-42,30-13-12-27(36)15-32(30)38)47-34(44)29-8-4-2-7-26(29)17-43/h2-15,21-23,28,33,43H,17-20H2,1H3/t23-,28-,33-,35-/m1/s1. The molecular weight excluding hydrogens is 645 g/mol. The fourth-order valence-electron chi connectivity index (χ4n) is 5.20. The fourth-order valence-corrected chi connectivity index (χ4v) is 6.56. The van der Waals surface area contributed by atoms with Gasteiger partial charge < -0.3 is 19.3 Å². The van der Waals surface area contributed by atoms with Gasteiger partial charge in [-0.1, -0.05) is 42.5 Å². The van der Waals surface area contributed by atoms with E-state index >= 15 is 4.39 Å². The molecule has 3 aromatic carbocycles. The van der Waals surface area contributed by atoms with Crippen molar-refractivity contribution in [2.24, 2.45) is 0 Å². The van der Waals surface area contributed by atoms with Crippen LogP contribution in [-0.4, -0.2) is 55.8 Å².